The van der Waals surface area contributed by atoms with Gasteiger partial charge in [0.1, 0.15) is 5.00 Å². The van der Waals surface area contributed by atoms with Crippen LogP contribution in [0.15, 0.2) is 11.4 Å². The Balaban J connectivity index is 1.56. The summed E-state index contributed by atoms with van der Waals surface area (Å²) in [7, 11) is 0. The molecule has 32 heavy (non-hydrogen) atoms. The maximum Gasteiger partial charge on any atom is 0.276 e. The summed E-state index contributed by atoms with van der Waals surface area (Å²) in [6.07, 6.45) is 8.37. The van der Waals surface area contributed by atoms with E-state index in [9.17, 15) is 9.59 Å². The first-order chi connectivity index (χ1) is 15.6. The number of carbonyl (C=O) groups is 2. The molecule has 0 aromatic carbocycles. The minimum Gasteiger partial charge on any atom is -0.376 e. The standard InChI is InChI=1S/C22H27ClN4O3S2/c1-2-10-31-22-25-12-15(23)18(26-22)20(29)27-21-17(14-7-3-4-8-16(14)32-21)19(28)24-11-13-6-5-9-30-13/h12-13H,2-11H2,1H3,(H,24,28)(H,27,29)/t13-/m1/s1. The molecule has 2 aromatic rings. The molecular formula is C22H27ClN4O3S2. The molecule has 7 nitrogen and oxygen atoms in total. The van der Waals surface area contributed by atoms with Crippen molar-refractivity contribution in [3.63, 3.8) is 0 Å². The number of aryl methyl sites for hydroxylation is 1. The summed E-state index contributed by atoms with van der Waals surface area (Å²) in [5.74, 6) is 0.265. The molecular weight excluding hydrogens is 468 g/mol. The number of thioether (sulfide) groups is 1. The Kier molecular flexibility index (Phi) is 8.04. The molecule has 1 saturated heterocycles. The van der Waals surface area contributed by atoms with Gasteiger partial charge in [0.25, 0.3) is 11.8 Å². The van der Waals surface area contributed by atoms with Gasteiger partial charge < -0.3 is 15.4 Å². The molecule has 0 unspecified atom stereocenters. The van der Waals surface area contributed by atoms with Crippen LogP contribution in [-0.4, -0.2) is 46.8 Å². The van der Waals surface area contributed by atoms with Crippen molar-refractivity contribution < 1.29 is 14.3 Å². The maximum atomic E-state index is 13.1. The predicted molar refractivity (Wildman–Crippen MR) is 128 cm³/mol. The average Bonchev–Trinajstić information content (AvgIpc) is 3.44. The topological polar surface area (TPSA) is 93.2 Å². The molecule has 0 bridgehead atoms. The number of amides is 2. The summed E-state index contributed by atoms with van der Waals surface area (Å²) in [5, 5.41) is 7.19. The lowest BCUT2D eigenvalue weighted by Gasteiger charge is -2.15. The number of carbonyl (C=O) groups excluding carboxylic acids is 2. The second-order valence-corrected chi connectivity index (χ2v) is 10.5. The second kappa shape index (κ2) is 11.0. The molecule has 0 radical (unpaired) electrons. The Labute approximate surface area is 201 Å². The Morgan fingerprint density at radius 1 is 1.28 bits per heavy atom. The van der Waals surface area contributed by atoms with Gasteiger partial charge in [-0.1, -0.05) is 30.3 Å². The van der Waals surface area contributed by atoms with E-state index >= 15 is 0 Å². The summed E-state index contributed by atoms with van der Waals surface area (Å²) in [6, 6.07) is 0. The molecule has 2 amide bonds. The van der Waals surface area contributed by atoms with Crippen molar-refractivity contribution in [1.82, 2.24) is 15.3 Å². The first-order valence-corrected chi connectivity index (χ1v) is 13.3. The number of ether oxygens (including phenoxy) is 1. The van der Waals surface area contributed by atoms with Crippen molar-refractivity contribution in [3.05, 3.63) is 32.9 Å². The number of anilines is 1. The van der Waals surface area contributed by atoms with E-state index < -0.39 is 5.91 Å². The second-order valence-electron chi connectivity index (χ2n) is 7.91. The highest BCUT2D eigenvalue weighted by atomic mass is 35.5. The van der Waals surface area contributed by atoms with E-state index in [1.54, 1.807) is 0 Å². The third kappa shape index (κ3) is 5.44. The number of hydrogen-bond acceptors (Lipinski definition) is 7. The highest BCUT2D eigenvalue weighted by Gasteiger charge is 2.28. The molecule has 10 heteroatoms. The van der Waals surface area contributed by atoms with Crippen LogP contribution in [0.3, 0.4) is 0 Å². The zero-order valence-corrected chi connectivity index (χ0v) is 20.4. The number of thiophene rings is 1. The smallest absolute Gasteiger partial charge is 0.276 e. The minimum atomic E-state index is -0.428. The van der Waals surface area contributed by atoms with Gasteiger partial charge >= 0.3 is 0 Å². The fraction of sp³-hybridized carbons (Fsp3) is 0.545. The highest BCUT2D eigenvalue weighted by Crippen LogP contribution is 2.38. The van der Waals surface area contributed by atoms with E-state index in [-0.39, 0.29) is 22.7 Å². The lowest BCUT2D eigenvalue weighted by Crippen LogP contribution is -2.32. The van der Waals surface area contributed by atoms with Crippen molar-refractivity contribution in [3.8, 4) is 0 Å². The summed E-state index contributed by atoms with van der Waals surface area (Å²) >= 11 is 9.19. The first-order valence-electron chi connectivity index (χ1n) is 11.1. The Bertz CT molecular complexity index is 992. The van der Waals surface area contributed by atoms with Crippen molar-refractivity contribution in [2.75, 3.05) is 24.2 Å². The largest absolute Gasteiger partial charge is 0.376 e. The molecule has 2 N–H and O–H groups in total. The average molecular weight is 495 g/mol. The number of aromatic nitrogens is 2. The summed E-state index contributed by atoms with van der Waals surface area (Å²) < 4.78 is 5.63. The number of fused-ring (bicyclic) bond motifs is 1. The van der Waals surface area contributed by atoms with E-state index in [0.717, 1.165) is 62.9 Å². The number of nitrogens with zero attached hydrogens (tertiary/aromatic N) is 2. The van der Waals surface area contributed by atoms with Gasteiger partial charge in [0.2, 0.25) is 0 Å². The van der Waals surface area contributed by atoms with Crippen molar-refractivity contribution in [1.29, 1.82) is 0 Å². The van der Waals surface area contributed by atoms with E-state index in [4.69, 9.17) is 16.3 Å². The zero-order chi connectivity index (χ0) is 22.5. The van der Waals surface area contributed by atoms with Crippen LogP contribution in [0, 0.1) is 0 Å². The van der Waals surface area contributed by atoms with Gasteiger partial charge in [0.05, 0.1) is 22.9 Å². The van der Waals surface area contributed by atoms with Crippen LogP contribution in [0.2, 0.25) is 5.02 Å². The SMILES string of the molecule is CCCSc1ncc(Cl)c(C(=O)Nc2sc3c(c2C(=O)NC[C@H]2CCCO2)CCCC3)n1. The van der Waals surface area contributed by atoms with Crippen LogP contribution in [0.25, 0.3) is 0 Å². The van der Waals surface area contributed by atoms with Crippen LogP contribution in [0.5, 0.6) is 0 Å². The van der Waals surface area contributed by atoms with Crippen molar-refractivity contribution in [2.45, 2.75) is 63.1 Å². The van der Waals surface area contributed by atoms with E-state index in [0.29, 0.717) is 22.3 Å². The van der Waals surface area contributed by atoms with Gasteiger partial charge in [-0.2, -0.15) is 0 Å². The molecule has 2 aromatic heterocycles. The number of hydrogen-bond donors (Lipinski definition) is 2. The summed E-state index contributed by atoms with van der Waals surface area (Å²) in [5.41, 5.74) is 1.74. The minimum absolute atomic E-state index is 0.0605. The quantitative estimate of drug-likeness (QED) is 0.407. The number of nitrogens with one attached hydrogen (secondary N) is 2. The third-order valence-electron chi connectivity index (χ3n) is 5.51. The van der Waals surface area contributed by atoms with Crippen molar-refractivity contribution >= 4 is 51.5 Å². The molecule has 1 aliphatic heterocycles. The third-order valence-corrected chi connectivity index (χ3v) is 8.06. The molecule has 0 saturated carbocycles. The lowest BCUT2D eigenvalue weighted by atomic mass is 9.95. The zero-order valence-electron chi connectivity index (χ0n) is 18.0. The van der Waals surface area contributed by atoms with Crippen LogP contribution in [0.1, 0.15) is 70.3 Å². The van der Waals surface area contributed by atoms with Gasteiger partial charge in [-0.25, -0.2) is 9.97 Å². The van der Waals surface area contributed by atoms with Crippen molar-refractivity contribution in [2.24, 2.45) is 0 Å². The van der Waals surface area contributed by atoms with Crippen LogP contribution in [-0.2, 0) is 17.6 Å². The van der Waals surface area contributed by atoms with Gasteiger partial charge in [0, 0.05) is 23.8 Å². The fourth-order valence-corrected chi connectivity index (χ4v) is 6.06. The summed E-state index contributed by atoms with van der Waals surface area (Å²) in [4.78, 5) is 35.9. The Morgan fingerprint density at radius 3 is 2.91 bits per heavy atom. The molecule has 3 heterocycles. The number of rotatable bonds is 8. The Morgan fingerprint density at radius 2 is 2.12 bits per heavy atom. The molecule has 172 valence electrons. The first kappa shape index (κ1) is 23.5. The van der Waals surface area contributed by atoms with E-state index in [1.165, 1.54) is 34.2 Å². The molecule has 4 rings (SSSR count). The van der Waals surface area contributed by atoms with Gasteiger partial charge in [-0.15, -0.1) is 11.3 Å². The van der Waals surface area contributed by atoms with Gasteiger partial charge in [-0.05, 0) is 50.5 Å². The van der Waals surface area contributed by atoms with Crippen LogP contribution < -0.4 is 10.6 Å². The fourth-order valence-electron chi connectivity index (χ4n) is 3.93. The Hall–Kier alpha value is -1.68. The maximum absolute atomic E-state index is 13.1. The number of halogens is 1. The van der Waals surface area contributed by atoms with Crippen LogP contribution >= 0.6 is 34.7 Å². The molecule has 1 atom stereocenters. The normalized spacial score (nSPS) is 17.8. The lowest BCUT2D eigenvalue weighted by molar-refractivity contribution is 0.0858. The van der Waals surface area contributed by atoms with Crippen LogP contribution in [0.4, 0.5) is 5.00 Å². The monoisotopic (exact) mass is 494 g/mol. The van der Waals surface area contributed by atoms with Gasteiger partial charge in [0.15, 0.2) is 10.9 Å². The van der Waals surface area contributed by atoms with E-state index in [1.807, 2.05) is 0 Å². The summed E-state index contributed by atoms with van der Waals surface area (Å²) in [6.45, 7) is 3.29. The van der Waals surface area contributed by atoms with Gasteiger partial charge in [-0.3, -0.25) is 9.59 Å². The molecule has 0 spiro atoms. The molecule has 1 fully saturated rings. The highest BCUT2D eigenvalue weighted by molar-refractivity contribution is 7.99. The predicted octanol–water partition coefficient (Wildman–Crippen LogP) is 4.73. The van der Waals surface area contributed by atoms with E-state index in [2.05, 4.69) is 27.5 Å². The molecule has 1 aliphatic carbocycles. The molecule has 2 aliphatic rings.